The summed E-state index contributed by atoms with van der Waals surface area (Å²) < 4.78 is 37.3. The minimum Gasteiger partial charge on any atom is -0.396 e. The van der Waals surface area contributed by atoms with Gasteiger partial charge in [0.1, 0.15) is 0 Å². The summed E-state index contributed by atoms with van der Waals surface area (Å²) in [5.74, 6) is -0.130. The van der Waals surface area contributed by atoms with Crippen LogP contribution >= 0.6 is 0 Å². The van der Waals surface area contributed by atoms with Gasteiger partial charge in [-0.2, -0.15) is 18.3 Å². The molecule has 0 radical (unpaired) electrons. The molecule has 2 rings (SSSR count). The second-order valence-electron chi connectivity index (χ2n) is 4.08. The number of H-pyrrole nitrogens is 1. The fourth-order valence-corrected chi connectivity index (χ4v) is 1.78. The van der Waals surface area contributed by atoms with Gasteiger partial charge in [0, 0.05) is 5.92 Å². The lowest BCUT2D eigenvalue weighted by molar-refractivity contribution is -0.137. The van der Waals surface area contributed by atoms with E-state index < -0.39 is 11.7 Å². The van der Waals surface area contributed by atoms with E-state index in [1.54, 1.807) is 0 Å². The Hall–Kier alpha value is -1.98. The van der Waals surface area contributed by atoms with Gasteiger partial charge in [0.2, 0.25) is 0 Å². The summed E-state index contributed by atoms with van der Waals surface area (Å²) in [7, 11) is 0. The first-order chi connectivity index (χ1) is 8.39. The van der Waals surface area contributed by atoms with Crippen molar-refractivity contribution in [2.45, 2.75) is 19.0 Å². The maximum absolute atomic E-state index is 12.4. The van der Waals surface area contributed by atoms with E-state index >= 15 is 0 Å². The van der Waals surface area contributed by atoms with Gasteiger partial charge in [-0.1, -0.05) is 19.1 Å². The van der Waals surface area contributed by atoms with E-state index in [1.165, 1.54) is 18.3 Å². The smallest absolute Gasteiger partial charge is 0.396 e. The molecular weight excluding hydrogens is 243 g/mol. The van der Waals surface area contributed by atoms with Crippen LogP contribution in [0.2, 0.25) is 0 Å². The molecule has 18 heavy (non-hydrogen) atoms. The number of halogens is 3. The van der Waals surface area contributed by atoms with Gasteiger partial charge in [0.05, 0.1) is 23.1 Å². The van der Waals surface area contributed by atoms with Crippen molar-refractivity contribution in [3.05, 3.63) is 47.3 Å². The first-order valence-electron chi connectivity index (χ1n) is 5.35. The fraction of sp³-hybridized carbons (Fsp3) is 0.250. The Morgan fingerprint density at radius 3 is 2.28 bits per heavy atom. The summed E-state index contributed by atoms with van der Waals surface area (Å²) in [4.78, 5) is 0. The summed E-state index contributed by atoms with van der Waals surface area (Å²) >= 11 is 0. The number of aromatic amines is 1. The molecule has 1 aromatic heterocycles. The molecule has 96 valence electrons. The van der Waals surface area contributed by atoms with Crippen molar-refractivity contribution in [3.63, 3.8) is 0 Å². The highest BCUT2D eigenvalue weighted by atomic mass is 19.4. The molecule has 0 aliphatic heterocycles. The largest absolute Gasteiger partial charge is 0.416 e. The third kappa shape index (κ3) is 2.32. The number of alkyl halides is 3. The Balaban J connectivity index is 2.28. The highest BCUT2D eigenvalue weighted by Gasteiger charge is 2.30. The predicted molar refractivity (Wildman–Crippen MR) is 62.0 cm³/mol. The zero-order valence-corrected chi connectivity index (χ0v) is 9.62. The molecule has 0 amide bonds. The topological polar surface area (TPSA) is 54.7 Å². The standard InChI is InChI=1S/C12H12F3N3/c1-7(11-10(16)6-17-18-11)8-2-4-9(5-3-8)12(13,14)15/h2-7H,16H2,1H3,(H,17,18). The van der Waals surface area contributed by atoms with E-state index in [4.69, 9.17) is 5.73 Å². The lowest BCUT2D eigenvalue weighted by Gasteiger charge is -2.12. The number of nitrogens with two attached hydrogens (primary N) is 1. The minimum atomic E-state index is -4.31. The van der Waals surface area contributed by atoms with Crippen LogP contribution in [-0.2, 0) is 6.18 Å². The highest BCUT2D eigenvalue weighted by Crippen LogP contribution is 2.32. The molecule has 3 N–H and O–H groups in total. The van der Waals surface area contributed by atoms with Gasteiger partial charge < -0.3 is 5.73 Å². The molecule has 6 heteroatoms. The molecule has 2 aromatic rings. The van der Waals surface area contributed by atoms with Crippen LogP contribution in [0, 0.1) is 0 Å². The van der Waals surface area contributed by atoms with Gasteiger partial charge in [-0.15, -0.1) is 0 Å². The van der Waals surface area contributed by atoms with Gasteiger partial charge in [0.15, 0.2) is 0 Å². The number of anilines is 1. The number of rotatable bonds is 2. The van der Waals surface area contributed by atoms with E-state index in [9.17, 15) is 13.2 Å². The van der Waals surface area contributed by atoms with Gasteiger partial charge in [-0.3, -0.25) is 5.10 Å². The summed E-state index contributed by atoms with van der Waals surface area (Å²) in [5.41, 5.74) is 7.00. The lowest BCUT2D eigenvalue weighted by Crippen LogP contribution is -2.06. The number of nitrogens with zero attached hydrogens (tertiary/aromatic N) is 1. The number of benzene rings is 1. The van der Waals surface area contributed by atoms with Crippen LogP contribution < -0.4 is 5.73 Å². The minimum absolute atomic E-state index is 0.130. The Labute approximate surface area is 102 Å². The molecule has 0 saturated carbocycles. The Bertz CT molecular complexity index is 528. The average Bonchev–Trinajstić information content (AvgIpc) is 2.73. The van der Waals surface area contributed by atoms with E-state index in [-0.39, 0.29) is 5.92 Å². The SMILES string of the molecule is CC(c1ccc(C(F)(F)F)cc1)c1[nH]ncc1N. The molecule has 0 saturated heterocycles. The molecule has 1 aromatic carbocycles. The molecular formula is C12H12F3N3. The Morgan fingerprint density at radius 1 is 1.22 bits per heavy atom. The Kier molecular flexibility index (Phi) is 3.02. The average molecular weight is 255 g/mol. The van der Waals surface area contributed by atoms with E-state index in [0.29, 0.717) is 11.4 Å². The van der Waals surface area contributed by atoms with Crippen molar-refractivity contribution in [2.75, 3.05) is 5.73 Å². The number of hydrogen-bond acceptors (Lipinski definition) is 2. The van der Waals surface area contributed by atoms with Crippen LogP contribution in [0.5, 0.6) is 0 Å². The third-order valence-corrected chi connectivity index (χ3v) is 2.87. The normalized spacial score (nSPS) is 13.6. The maximum atomic E-state index is 12.4. The summed E-state index contributed by atoms with van der Waals surface area (Å²) in [6.45, 7) is 1.85. The second-order valence-corrected chi connectivity index (χ2v) is 4.08. The zero-order valence-electron chi connectivity index (χ0n) is 9.62. The molecule has 0 bridgehead atoms. The molecule has 0 aliphatic carbocycles. The number of aromatic nitrogens is 2. The maximum Gasteiger partial charge on any atom is 0.416 e. The van der Waals surface area contributed by atoms with Crippen LogP contribution in [0.4, 0.5) is 18.9 Å². The van der Waals surface area contributed by atoms with E-state index in [1.807, 2.05) is 6.92 Å². The van der Waals surface area contributed by atoms with Gasteiger partial charge in [0.25, 0.3) is 0 Å². The number of nitrogens with one attached hydrogen (secondary N) is 1. The summed E-state index contributed by atoms with van der Waals surface area (Å²) in [6.07, 6.45) is -2.83. The molecule has 1 heterocycles. The van der Waals surface area contributed by atoms with Crippen molar-refractivity contribution in [3.8, 4) is 0 Å². The van der Waals surface area contributed by atoms with Crippen LogP contribution in [0.25, 0.3) is 0 Å². The molecule has 1 unspecified atom stereocenters. The van der Waals surface area contributed by atoms with Crippen molar-refractivity contribution >= 4 is 5.69 Å². The quantitative estimate of drug-likeness (QED) is 0.866. The molecule has 0 fully saturated rings. The molecule has 0 aliphatic rings. The Morgan fingerprint density at radius 2 is 1.83 bits per heavy atom. The van der Waals surface area contributed by atoms with Crippen LogP contribution in [-0.4, -0.2) is 10.2 Å². The molecule has 0 spiro atoms. The zero-order chi connectivity index (χ0) is 13.3. The number of hydrogen-bond donors (Lipinski definition) is 2. The summed E-state index contributed by atoms with van der Waals surface area (Å²) in [5, 5.41) is 6.55. The van der Waals surface area contributed by atoms with Gasteiger partial charge >= 0.3 is 6.18 Å². The fourth-order valence-electron chi connectivity index (χ4n) is 1.78. The van der Waals surface area contributed by atoms with Crippen molar-refractivity contribution in [1.29, 1.82) is 0 Å². The summed E-state index contributed by atoms with van der Waals surface area (Å²) in [6, 6.07) is 5.04. The van der Waals surface area contributed by atoms with Crippen molar-refractivity contribution < 1.29 is 13.2 Å². The monoisotopic (exact) mass is 255 g/mol. The van der Waals surface area contributed by atoms with Crippen LogP contribution in [0.15, 0.2) is 30.5 Å². The predicted octanol–water partition coefficient (Wildman–Crippen LogP) is 3.16. The lowest BCUT2D eigenvalue weighted by atomic mass is 9.96. The van der Waals surface area contributed by atoms with Gasteiger partial charge in [-0.05, 0) is 17.7 Å². The second kappa shape index (κ2) is 4.36. The van der Waals surface area contributed by atoms with Crippen molar-refractivity contribution in [2.24, 2.45) is 0 Å². The van der Waals surface area contributed by atoms with E-state index in [2.05, 4.69) is 10.2 Å². The highest BCUT2D eigenvalue weighted by molar-refractivity contribution is 5.46. The van der Waals surface area contributed by atoms with Gasteiger partial charge in [-0.25, -0.2) is 0 Å². The van der Waals surface area contributed by atoms with E-state index in [0.717, 1.165) is 17.7 Å². The molecule has 3 nitrogen and oxygen atoms in total. The first-order valence-corrected chi connectivity index (χ1v) is 5.35. The van der Waals surface area contributed by atoms with Crippen molar-refractivity contribution in [1.82, 2.24) is 10.2 Å². The molecule has 1 atom stereocenters. The third-order valence-electron chi connectivity index (χ3n) is 2.87. The van der Waals surface area contributed by atoms with Crippen LogP contribution in [0.3, 0.4) is 0 Å². The first kappa shape index (κ1) is 12.5. The number of nitrogen functional groups attached to an aromatic ring is 1. The van der Waals surface area contributed by atoms with Crippen LogP contribution in [0.1, 0.15) is 29.7 Å².